The first-order valence-electron chi connectivity index (χ1n) is 9.31. The number of ether oxygens (including phenoxy) is 2. The number of aromatic carboxylic acids is 1. The average Bonchev–Trinajstić information content (AvgIpc) is 3.34. The number of sulfone groups is 1. The highest BCUT2D eigenvalue weighted by Gasteiger charge is 2.28. The van der Waals surface area contributed by atoms with Crippen molar-refractivity contribution in [3.05, 3.63) is 47.0 Å². The van der Waals surface area contributed by atoms with E-state index >= 15 is 0 Å². The molecule has 3 aromatic rings. The maximum absolute atomic E-state index is 11.9. The summed E-state index contributed by atoms with van der Waals surface area (Å²) in [4.78, 5) is 12.8. The molecular formula is C21H21NO6S2. The summed E-state index contributed by atoms with van der Waals surface area (Å²) in [6.45, 7) is 0.555. The minimum absolute atomic E-state index is 0.00709. The second kappa shape index (κ2) is 7.81. The van der Waals surface area contributed by atoms with Crippen LogP contribution in [0.5, 0.6) is 11.5 Å². The molecule has 158 valence electrons. The van der Waals surface area contributed by atoms with Crippen LogP contribution in [0.25, 0.3) is 21.7 Å². The smallest absolute Gasteiger partial charge is 0.352 e. The Hall–Kier alpha value is -2.78. The average molecular weight is 448 g/mol. The van der Waals surface area contributed by atoms with E-state index < -0.39 is 15.8 Å². The lowest BCUT2D eigenvalue weighted by Gasteiger charge is -2.24. The summed E-state index contributed by atoms with van der Waals surface area (Å²) in [6, 6.07) is 9.33. The second-order valence-corrected chi connectivity index (χ2v) is 10.3. The van der Waals surface area contributed by atoms with Gasteiger partial charge in [-0.2, -0.15) is 0 Å². The van der Waals surface area contributed by atoms with E-state index in [1.165, 1.54) is 7.11 Å². The normalized spacial score (nSPS) is 12.9. The van der Waals surface area contributed by atoms with E-state index in [0.29, 0.717) is 24.5 Å². The van der Waals surface area contributed by atoms with Crippen LogP contribution in [0.2, 0.25) is 0 Å². The summed E-state index contributed by atoms with van der Waals surface area (Å²) in [5.74, 6) is -0.115. The SMILES string of the molecule is COc1cc2c(cc1OCCS(C)(=O)=O)-c1c(-c3cccs3)cc(C(=O)O)n1CC2. The topological polar surface area (TPSA) is 94.8 Å². The predicted molar refractivity (Wildman–Crippen MR) is 116 cm³/mol. The number of carboxylic acids is 1. The maximum atomic E-state index is 11.9. The van der Waals surface area contributed by atoms with Gasteiger partial charge < -0.3 is 19.1 Å². The largest absolute Gasteiger partial charge is 0.493 e. The maximum Gasteiger partial charge on any atom is 0.352 e. The Bertz CT molecular complexity index is 1210. The molecule has 30 heavy (non-hydrogen) atoms. The molecule has 1 aromatic carbocycles. The molecule has 4 rings (SSSR count). The molecule has 1 aliphatic rings. The first-order valence-corrected chi connectivity index (χ1v) is 12.2. The van der Waals surface area contributed by atoms with E-state index in [-0.39, 0.29) is 18.1 Å². The fraction of sp³-hybridized carbons (Fsp3) is 0.286. The van der Waals surface area contributed by atoms with Crippen LogP contribution in [-0.4, -0.2) is 49.8 Å². The Morgan fingerprint density at radius 2 is 2.03 bits per heavy atom. The molecule has 0 bridgehead atoms. The molecule has 7 nitrogen and oxygen atoms in total. The number of methoxy groups -OCH3 is 1. The standard InChI is InChI=1S/C21H21NO6S2/c1-27-17-10-13-5-6-22-16(21(23)24)11-15(19-4-3-8-29-19)20(22)14(13)12-18(17)28-7-9-30(2,25)26/h3-4,8,10-12H,5-7,9H2,1-2H3,(H,23,24). The van der Waals surface area contributed by atoms with E-state index in [0.717, 1.165) is 33.5 Å². The van der Waals surface area contributed by atoms with Gasteiger partial charge in [0.15, 0.2) is 21.3 Å². The van der Waals surface area contributed by atoms with Crippen molar-refractivity contribution in [2.75, 3.05) is 25.7 Å². The highest BCUT2D eigenvalue weighted by atomic mass is 32.2. The molecule has 2 aromatic heterocycles. The van der Waals surface area contributed by atoms with Gasteiger partial charge in [0.05, 0.1) is 18.6 Å². The molecule has 1 aliphatic heterocycles. The van der Waals surface area contributed by atoms with Crippen molar-refractivity contribution in [2.45, 2.75) is 13.0 Å². The van der Waals surface area contributed by atoms with Crippen molar-refractivity contribution in [1.29, 1.82) is 0 Å². The highest BCUT2D eigenvalue weighted by Crippen LogP contribution is 2.45. The number of thiophene rings is 1. The Morgan fingerprint density at radius 3 is 2.67 bits per heavy atom. The lowest BCUT2D eigenvalue weighted by molar-refractivity contribution is 0.0685. The van der Waals surface area contributed by atoms with Gasteiger partial charge in [0.2, 0.25) is 0 Å². The quantitative estimate of drug-likeness (QED) is 0.595. The summed E-state index contributed by atoms with van der Waals surface area (Å²) < 4.78 is 35.9. The third-order valence-corrected chi connectivity index (χ3v) is 6.88. The molecule has 0 spiro atoms. The number of aryl methyl sites for hydroxylation is 1. The number of rotatable bonds is 7. The Kier molecular flexibility index (Phi) is 5.33. The van der Waals surface area contributed by atoms with E-state index in [1.807, 2.05) is 34.2 Å². The van der Waals surface area contributed by atoms with Gasteiger partial charge in [-0.1, -0.05) is 6.07 Å². The first kappa shape index (κ1) is 20.5. The van der Waals surface area contributed by atoms with Crippen LogP contribution in [0.3, 0.4) is 0 Å². The fourth-order valence-electron chi connectivity index (χ4n) is 3.71. The van der Waals surface area contributed by atoms with E-state index in [2.05, 4.69) is 0 Å². The van der Waals surface area contributed by atoms with Crippen molar-refractivity contribution in [1.82, 2.24) is 4.57 Å². The van der Waals surface area contributed by atoms with Crippen molar-refractivity contribution in [3.8, 4) is 33.2 Å². The zero-order chi connectivity index (χ0) is 21.5. The van der Waals surface area contributed by atoms with Crippen LogP contribution in [0.4, 0.5) is 0 Å². The van der Waals surface area contributed by atoms with E-state index in [1.54, 1.807) is 17.4 Å². The molecule has 0 fully saturated rings. The number of aromatic nitrogens is 1. The van der Waals surface area contributed by atoms with Gasteiger partial charge in [0.1, 0.15) is 12.3 Å². The number of hydrogen-bond acceptors (Lipinski definition) is 6. The van der Waals surface area contributed by atoms with Crippen LogP contribution < -0.4 is 9.47 Å². The van der Waals surface area contributed by atoms with Crippen molar-refractivity contribution < 1.29 is 27.8 Å². The number of fused-ring (bicyclic) bond motifs is 3. The van der Waals surface area contributed by atoms with Crippen molar-refractivity contribution >= 4 is 27.1 Å². The zero-order valence-electron chi connectivity index (χ0n) is 16.5. The van der Waals surface area contributed by atoms with Gasteiger partial charge in [0.25, 0.3) is 0 Å². The van der Waals surface area contributed by atoms with Gasteiger partial charge in [-0.3, -0.25) is 0 Å². The van der Waals surface area contributed by atoms with Crippen LogP contribution in [-0.2, 0) is 22.8 Å². The van der Waals surface area contributed by atoms with E-state index in [4.69, 9.17) is 9.47 Å². The molecule has 0 saturated carbocycles. The van der Waals surface area contributed by atoms with Gasteiger partial charge in [0, 0.05) is 28.8 Å². The molecule has 9 heteroatoms. The number of carboxylic acid groups (broad SMARTS) is 1. The summed E-state index contributed by atoms with van der Waals surface area (Å²) in [7, 11) is -1.62. The lowest BCUT2D eigenvalue weighted by Crippen LogP contribution is -2.17. The van der Waals surface area contributed by atoms with Gasteiger partial charge in [-0.15, -0.1) is 11.3 Å². The van der Waals surface area contributed by atoms with Gasteiger partial charge in [-0.25, -0.2) is 13.2 Å². The molecule has 0 saturated heterocycles. The molecule has 3 heterocycles. The monoisotopic (exact) mass is 447 g/mol. The summed E-state index contributed by atoms with van der Waals surface area (Å²) >= 11 is 1.55. The van der Waals surface area contributed by atoms with Gasteiger partial charge in [-0.05, 0) is 41.6 Å². The number of nitrogens with zero attached hydrogens (tertiary/aromatic N) is 1. The molecule has 0 amide bonds. The molecule has 1 N–H and O–H groups in total. The summed E-state index contributed by atoms with van der Waals surface area (Å²) in [6.07, 6.45) is 1.81. The second-order valence-electron chi connectivity index (χ2n) is 7.11. The third-order valence-electron chi connectivity index (χ3n) is 5.06. The first-order chi connectivity index (χ1) is 14.3. The molecule has 0 unspecified atom stereocenters. The Morgan fingerprint density at radius 1 is 1.23 bits per heavy atom. The Balaban J connectivity index is 1.84. The lowest BCUT2D eigenvalue weighted by atomic mass is 9.95. The predicted octanol–water partition coefficient (Wildman–Crippen LogP) is 3.57. The van der Waals surface area contributed by atoms with E-state index in [9.17, 15) is 18.3 Å². The van der Waals surface area contributed by atoms with Crippen molar-refractivity contribution in [2.24, 2.45) is 0 Å². The minimum Gasteiger partial charge on any atom is -0.493 e. The zero-order valence-corrected chi connectivity index (χ0v) is 18.2. The number of hydrogen-bond donors (Lipinski definition) is 1. The fourth-order valence-corrected chi connectivity index (χ4v) is 4.83. The van der Waals surface area contributed by atoms with Crippen molar-refractivity contribution in [3.63, 3.8) is 0 Å². The minimum atomic E-state index is -3.16. The molecule has 0 atom stereocenters. The Labute approximate surface area is 178 Å². The van der Waals surface area contributed by atoms with Crippen LogP contribution >= 0.6 is 11.3 Å². The highest BCUT2D eigenvalue weighted by molar-refractivity contribution is 7.90. The number of benzene rings is 1. The van der Waals surface area contributed by atoms with Crippen LogP contribution in [0, 0.1) is 0 Å². The summed E-state index contributed by atoms with van der Waals surface area (Å²) in [5, 5.41) is 11.7. The summed E-state index contributed by atoms with van der Waals surface area (Å²) in [5.41, 5.74) is 3.83. The van der Waals surface area contributed by atoms with Crippen LogP contribution in [0.15, 0.2) is 35.7 Å². The molecular weight excluding hydrogens is 426 g/mol. The van der Waals surface area contributed by atoms with Crippen LogP contribution in [0.1, 0.15) is 16.1 Å². The molecule has 0 aliphatic carbocycles. The van der Waals surface area contributed by atoms with Gasteiger partial charge >= 0.3 is 5.97 Å². The number of carbonyl (C=O) groups is 1. The third kappa shape index (κ3) is 3.82. The molecule has 0 radical (unpaired) electrons.